The summed E-state index contributed by atoms with van der Waals surface area (Å²) >= 11 is 0. The number of ketones is 1. The monoisotopic (exact) mass is 222 g/mol. The summed E-state index contributed by atoms with van der Waals surface area (Å²) in [7, 11) is -3.56. The molecule has 0 radical (unpaired) electrons. The second-order valence-electron chi connectivity index (χ2n) is 3.56. The van der Waals surface area contributed by atoms with Crippen molar-refractivity contribution in [2.45, 2.75) is 18.7 Å². The SMILES string of the molecule is CC(=O)C1=Cc2cccc(C)c2S1(=O)=O. The fourth-order valence-corrected chi connectivity index (χ4v) is 3.59. The van der Waals surface area contributed by atoms with E-state index in [9.17, 15) is 13.2 Å². The normalized spacial score (nSPS) is 17.1. The number of allylic oxidation sites excluding steroid dienone is 1. The van der Waals surface area contributed by atoms with Gasteiger partial charge >= 0.3 is 0 Å². The van der Waals surface area contributed by atoms with E-state index in [2.05, 4.69) is 0 Å². The number of benzene rings is 1. The van der Waals surface area contributed by atoms with Crippen molar-refractivity contribution in [2.75, 3.05) is 0 Å². The number of sulfone groups is 1. The van der Waals surface area contributed by atoms with Crippen LogP contribution in [0.15, 0.2) is 28.0 Å². The highest BCUT2D eigenvalue weighted by molar-refractivity contribution is 7.96. The first kappa shape index (κ1) is 10.1. The molecule has 78 valence electrons. The van der Waals surface area contributed by atoms with E-state index in [1.165, 1.54) is 13.0 Å². The highest BCUT2D eigenvalue weighted by Crippen LogP contribution is 2.35. The van der Waals surface area contributed by atoms with Gasteiger partial charge in [0.05, 0.1) is 4.90 Å². The molecule has 0 aliphatic carbocycles. The maximum absolute atomic E-state index is 12.0. The Morgan fingerprint density at radius 3 is 2.47 bits per heavy atom. The summed E-state index contributed by atoms with van der Waals surface area (Å²) in [5.41, 5.74) is 1.29. The summed E-state index contributed by atoms with van der Waals surface area (Å²) in [6.07, 6.45) is 1.44. The molecular weight excluding hydrogens is 212 g/mol. The van der Waals surface area contributed by atoms with Crippen LogP contribution in [0.1, 0.15) is 18.1 Å². The summed E-state index contributed by atoms with van der Waals surface area (Å²) in [6, 6.07) is 5.21. The molecule has 1 aromatic rings. The molecule has 0 fully saturated rings. The number of carbonyl (C=O) groups excluding carboxylic acids is 1. The number of Topliss-reactive ketones (excluding diaryl/α,β-unsaturated/α-hetero) is 1. The van der Waals surface area contributed by atoms with Gasteiger partial charge in [-0.05, 0) is 31.1 Å². The minimum absolute atomic E-state index is 0.105. The molecule has 0 aromatic heterocycles. The van der Waals surface area contributed by atoms with Crippen molar-refractivity contribution < 1.29 is 13.2 Å². The molecule has 1 aliphatic rings. The van der Waals surface area contributed by atoms with Crippen LogP contribution in [0.2, 0.25) is 0 Å². The third-order valence-corrected chi connectivity index (χ3v) is 4.51. The predicted octanol–water partition coefficient (Wildman–Crippen LogP) is 1.71. The Bertz CT molecular complexity index is 580. The maximum Gasteiger partial charge on any atom is 0.210 e. The lowest BCUT2D eigenvalue weighted by atomic mass is 10.1. The molecule has 0 unspecified atom stereocenters. The molecule has 1 aliphatic heterocycles. The smallest absolute Gasteiger partial charge is 0.210 e. The lowest BCUT2D eigenvalue weighted by Crippen LogP contribution is -2.08. The number of rotatable bonds is 1. The lowest BCUT2D eigenvalue weighted by Gasteiger charge is -2.03. The Balaban J connectivity index is 2.80. The summed E-state index contributed by atoms with van der Waals surface area (Å²) in [4.78, 5) is 11.4. The molecule has 0 atom stereocenters. The van der Waals surface area contributed by atoms with Gasteiger partial charge in [-0.15, -0.1) is 0 Å². The largest absolute Gasteiger partial charge is 0.294 e. The fraction of sp³-hybridized carbons (Fsp3) is 0.182. The Morgan fingerprint density at radius 2 is 1.93 bits per heavy atom. The van der Waals surface area contributed by atoms with Gasteiger partial charge in [-0.1, -0.05) is 18.2 Å². The molecule has 0 amide bonds. The van der Waals surface area contributed by atoms with Crippen LogP contribution in [-0.2, 0) is 14.6 Å². The Hall–Kier alpha value is -1.42. The van der Waals surface area contributed by atoms with Crippen LogP contribution in [0.4, 0.5) is 0 Å². The van der Waals surface area contributed by atoms with Gasteiger partial charge < -0.3 is 0 Å². The van der Waals surface area contributed by atoms with Crippen molar-refractivity contribution in [3.8, 4) is 0 Å². The van der Waals surface area contributed by atoms with E-state index in [4.69, 9.17) is 0 Å². The van der Waals surface area contributed by atoms with Gasteiger partial charge in [0.25, 0.3) is 0 Å². The van der Waals surface area contributed by atoms with Gasteiger partial charge in [0.1, 0.15) is 4.91 Å². The first-order chi connectivity index (χ1) is 6.94. The minimum Gasteiger partial charge on any atom is -0.294 e. The molecule has 1 aromatic carbocycles. The van der Waals surface area contributed by atoms with Crippen molar-refractivity contribution in [1.82, 2.24) is 0 Å². The second-order valence-corrected chi connectivity index (χ2v) is 5.42. The van der Waals surface area contributed by atoms with Gasteiger partial charge in [0.15, 0.2) is 5.78 Å². The van der Waals surface area contributed by atoms with Gasteiger partial charge in [0, 0.05) is 0 Å². The molecule has 3 nitrogen and oxygen atoms in total. The number of hydrogen-bond donors (Lipinski definition) is 0. The van der Waals surface area contributed by atoms with Crippen LogP contribution in [0, 0.1) is 6.92 Å². The Morgan fingerprint density at radius 1 is 1.27 bits per heavy atom. The van der Waals surface area contributed by atoms with Crippen molar-refractivity contribution >= 4 is 21.7 Å². The molecule has 2 rings (SSSR count). The zero-order valence-electron chi connectivity index (χ0n) is 8.44. The van der Waals surface area contributed by atoms with Crippen molar-refractivity contribution in [1.29, 1.82) is 0 Å². The highest BCUT2D eigenvalue weighted by atomic mass is 32.2. The van der Waals surface area contributed by atoms with E-state index in [1.54, 1.807) is 25.1 Å². The molecule has 15 heavy (non-hydrogen) atoms. The van der Waals surface area contributed by atoms with E-state index in [-0.39, 0.29) is 9.80 Å². The van der Waals surface area contributed by atoms with Crippen LogP contribution < -0.4 is 0 Å². The standard InChI is InChI=1S/C11H10O3S/c1-7-4-3-5-9-6-10(8(2)12)15(13,14)11(7)9/h3-6H,1-2H3. The first-order valence-electron chi connectivity index (χ1n) is 4.52. The van der Waals surface area contributed by atoms with Crippen LogP contribution in [-0.4, -0.2) is 14.2 Å². The Labute approximate surface area is 88.3 Å². The van der Waals surface area contributed by atoms with Crippen LogP contribution in [0.3, 0.4) is 0 Å². The average Bonchev–Trinajstić information content (AvgIpc) is 2.39. The van der Waals surface area contributed by atoms with Gasteiger partial charge in [0.2, 0.25) is 9.84 Å². The zero-order chi connectivity index (χ0) is 11.2. The summed E-state index contributed by atoms with van der Waals surface area (Å²) in [6.45, 7) is 3.00. The van der Waals surface area contributed by atoms with E-state index in [0.29, 0.717) is 11.1 Å². The molecule has 0 spiro atoms. The highest BCUT2D eigenvalue weighted by Gasteiger charge is 2.33. The number of fused-ring (bicyclic) bond motifs is 1. The van der Waals surface area contributed by atoms with E-state index < -0.39 is 15.6 Å². The van der Waals surface area contributed by atoms with Gasteiger partial charge in [-0.3, -0.25) is 4.79 Å². The van der Waals surface area contributed by atoms with E-state index >= 15 is 0 Å². The summed E-state index contributed by atoms with van der Waals surface area (Å²) in [5, 5.41) is 0. The van der Waals surface area contributed by atoms with Crippen LogP contribution in [0.5, 0.6) is 0 Å². The van der Waals surface area contributed by atoms with Crippen molar-refractivity contribution in [2.24, 2.45) is 0 Å². The topological polar surface area (TPSA) is 51.2 Å². The van der Waals surface area contributed by atoms with Gasteiger partial charge in [-0.25, -0.2) is 8.42 Å². The Kier molecular flexibility index (Phi) is 2.04. The van der Waals surface area contributed by atoms with Crippen LogP contribution >= 0.6 is 0 Å². The number of hydrogen-bond acceptors (Lipinski definition) is 3. The van der Waals surface area contributed by atoms with E-state index in [1.807, 2.05) is 0 Å². The zero-order valence-corrected chi connectivity index (χ0v) is 9.26. The maximum atomic E-state index is 12.0. The molecule has 0 saturated heterocycles. The number of aryl methyl sites for hydroxylation is 1. The quantitative estimate of drug-likeness (QED) is 0.726. The van der Waals surface area contributed by atoms with Crippen molar-refractivity contribution in [3.63, 3.8) is 0 Å². The molecular formula is C11H10O3S. The minimum atomic E-state index is -3.56. The van der Waals surface area contributed by atoms with Gasteiger partial charge in [-0.2, -0.15) is 0 Å². The number of carbonyl (C=O) groups is 1. The first-order valence-corrected chi connectivity index (χ1v) is 6.00. The van der Waals surface area contributed by atoms with Crippen LogP contribution in [0.25, 0.3) is 6.08 Å². The third kappa shape index (κ3) is 1.33. The third-order valence-electron chi connectivity index (χ3n) is 2.43. The lowest BCUT2D eigenvalue weighted by molar-refractivity contribution is -0.112. The van der Waals surface area contributed by atoms with E-state index in [0.717, 1.165) is 0 Å². The second kappa shape index (κ2) is 3.03. The predicted molar refractivity (Wildman–Crippen MR) is 57.0 cm³/mol. The fourth-order valence-electron chi connectivity index (χ4n) is 1.78. The molecule has 0 saturated carbocycles. The molecule has 4 heteroatoms. The molecule has 0 bridgehead atoms. The van der Waals surface area contributed by atoms with Crippen molar-refractivity contribution in [3.05, 3.63) is 34.2 Å². The molecule has 1 heterocycles. The average molecular weight is 222 g/mol. The summed E-state index contributed by atoms with van der Waals surface area (Å²) in [5.74, 6) is -0.411. The summed E-state index contributed by atoms with van der Waals surface area (Å²) < 4.78 is 23.9. The molecule has 0 N–H and O–H groups in total.